The molecule has 1 aromatic heterocycles. The highest BCUT2D eigenvalue weighted by atomic mass is 16.3. The van der Waals surface area contributed by atoms with Crippen molar-refractivity contribution in [2.75, 3.05) is 6.54 Å². The normalized spacial score (nSPS) is 10.2. The lowest BCUT2D eigenvalue weighted by Crippen LogP contribution is -2.31. The molecule has 0 bridgehead atoms. The average Bonchev–Trinajstić information content (AvgIpc) is 2.45. The Labute approximate surface area is 118 Å². The van der Waals surface area contributed by atoms with E-state index in [1.807, 2.05) is 25.1 Å². The Kier molecular flexibility index (Phi) is 4.71. The largest absolute Gasteiger partial charge is 0.508 e. The van der Waals surface area contributed by atoms with Crippen molar-refractivity contribution in [3.63, 3.8) is 0 Å². The van der Waals surface area contributed by atoms with Crippen LogP contribution in [0.3, 0.4) is 0 Å². The zero-order valence-electron chi connectivity index (χ0n) is 11.5. The molecule has 1 N–H and O–H groups in total. The molecule has 2 rings (SSSR count). The Morgan fingerprint density at radius 1 is 1.20 bits per heavy atom. The van der Waals surface area contributed by atoms with E-state index < -0.39 is 0 Å². The van der Waals surface area contributed by atoms with Crippen LogP contribution in [-0.4, -0.2) is 27.4 Å². The molecule has 4 nitrogen and oxygen atoms in total. The van der Waals surface area contributed by atoms with Crippen molar-refractivity contribution in [3.05, 3.63) is 59.9 Å². The molecule has 1 heterocycles. The van der Waals surface area contributed by atoms with Crippen molar-refractivity contribution < 1.29 is 9.90 Å². The van der Waals surface area contributed by atoms with Crippen LogP contribution in [0.25, 0.3) is 0 Å². The van der Waals surface area contributed by atoms with E-state index in [4.69, 9.17) is 0 Å². The summed E-state index contributed by atoms with van der Waals surface area (Å²) in [5.74, 6) is 0.238. The van der Waals surface area contributed by atoms with Crippen molar-refractivity contribution in [2.45, 2.75) is 19.9 Å². The number of likely N-dealkylation sites (N-methyl/N-ethyl adjacent to an activating group) is 1. The number of aromatic hydroxyl groups is 1. The van der Waals surface area contributed by atoms with E-state index in [1.165, 1.54) is 0 Å². The van der Waals surface area contributed by atoms with Gasteiger partial charge in [-0.1, -0.05) is 12.1 Å². The van der Waals surface area contributed by atoms with Gasteiger partial charge in [0.05, 0.1) is 6.42 Å². The van der Waals surface area contributed by atoms with Crippen LogP contribution in [0.5, 0.6) is 5.75 Å². The molecule has 104 valence electrons. The fraction of sp³-hybridized carbons (Fsp3) is 0.250. The summed E-state index contributed by atoms with van der Waals surface area (Å²) in [6.45, 7) is 3.19. The van der Waals surface area contributed by atoms with Crippen LogP contribution >= 0.6 is 0 Å². The molecule has 0 saturated heterocycles. The first-order chi connectivity index (χ1) is 9.69. The molecule has 0 saturated carbocycles. The number of nitrogens with zero attached hydrogens (tertiary/aromatic N) is 2. The number of hydrogen-bond donors (Lipinski definition) is 1. The third-order valence-corrected chi connectivity index (χ3v) is 3.12. The van der Waals surface area contributed by atoms with Gasteiger partial charge in [0.25, 0.3) is 0 Å². The topological polar surface area (TPSA) is 53.4 Å². The molecule has 2 aromatic rings. The molecule has 0 unspecified atom stereocenters. The van der Waals surface area contributed by atoms with Gasteiger partial charge in [0.15, 0.2) is 0 Å². The lowest BCUT2D eigenvalue weighted by Gasteiger charge is -2.21. The summed E-state index contributed by atoms with van der Waals surface area (Å²) in [5.41, 5.74) is 1.88. The van der Waals surface area contributed by atoms with E-state index in [-0.39, 0.29) is 11.7 Å². The van der Waals surface area contributed by atoms with Crippen LogP contribution < -0.4 is 0 Å². The second kappa shape index (κ2) is 6.70. The van der Waals surface area contributed by atoms with Crippen molar-refractivity contribution in [2.24, 2.45) is 0 Å². The van der Waals surface area contributed by atoms with Crippen LogP contribution in [0, 0.1) is 0 Å². The maximum absolute atomic E-state index is 12.3. The number of pyridine rings is 1. The second-order valence-corrected chi connectivity index (χ2v) is 4.61. The van der Waals surface area contributed by atoms with Gasteiger partial charge in [0.1, 0.15) is 5.75 Å². The zero-order valence-corrected chi connectivity index (χ0v) is 11.5. The highest BCUT2D eigenvalue weighted by Gasteiger charge is 2.13. The first kappa shape index (κ1) is 14.1. The van der Waals surface area contributed by atoms with Gasteiger partial charge in [-0.25, -0.2) is 0 Å². The van der Waals surface area contributed by atoms with E-state index >= 15 is 0 Å². The molecule has 1 amide bonds. The first-order valence-electron chi connectivity index (χ1n) is 6.63. The number of aromatic nitrogens is 1. The summed E-state index contributed by atoms with van der Waals surface area (Å²) in [7, 11) is 0. The number of carbonyl (C=O) groups excluding carboxylic acids is 1. The lowest BCUT2D eigenvalue weighted by molar-refractivity contribution is -0.130. The van der Waals surface area contributed by atoms with Crippen LogP contribution in [0.1, 0.15) is 18.1 Å². The maximum atomic E-state index is 12.3. The van der Waals surface area contributed by atoms with Crippen LogP contribution in [-0.2, 0) is 17.8 Å². The molecule has 20 heavy (non-hydrogen) atoms. The summed E-state index contributed by atoms with van der Waals surface area (Å²) in [4.78, 5) is 18.0. The molecule has 0 spiro atoms. The minimum Gasteiger partial charge on any atom is -0.508 e. The number of hydrogen-bond acceptors (Lipinski definition) is 3. The molecular weight excluding hydrogens is 252 g/mol. The third-order valence-electron chi connectivity index (χ3n) is 3.12. The second-order valence-electron chi connectivity index (χ2n) is 4.61. The van der Waals surface area contributed by atoms with Gasteiger partial charge in [0, 0.05) is 25.5 Å². The lowest BCUT2D eigenvalue weighted by atomic mass is 10.1. The predicted octanol–water partition coefficient (Wildman–Crippen LogP) is 2.38. The van der Waals surface area contributed by atoms with Crippen LogP contribution in [0.15, 0.2) is 48.8 Å². The third kappa shape index (κ3) is 3.82. The average molecular weight is 270 g/mol. The van der Waals surface area contributed by atoms with Gasteiger partial charge in [-0.2, -0.15) is 0 Å². The summed E-state index contributed by atoms with van der Waals surface area (Å²) < 4.78 is 0. The van der Waals surface area contributed by atoms with Crippen LogP contribution in [0.2, 0.25) is 0 Å². The minimum atomic E-state index is 0.0508. The monoisotopic (exact) mass is 270 g/mol. The van der Waals surface area contributed by atoms with Gasteiger partial charge < -0.3 is 10.0 Å². The molecule has 0 fully saturated rings. The van der Waals surface area contributed by atoms with E-state index in [9.17, 15) is 9.90 Å². The Bertz CT molecular complexity index is 570. The summed E-state index contributed by atoms with van der Waals surface area (Å²) in [6, 6.07) is 10.6. The van der Waals surface area contributed by atoms with Gasteiger partial charge in [-0.05, 0) is 42.3 Å². The Morgan fingerprint density at radius 3 is 2.60 bits per heavy atom. The van der Waals surface area contributed by atoms with Gasteiger partial charge in [-0.3, -0.25) is 9.78 Å². The quantitative estimate of drug-likeness (QED) is 0.907. The Morgan fingerprint density at radius 2 is 1.95 bits per heavy atom. The highest BCUT2D eigenvalue weighted by Crippen LogP contribution is 2.13. The Hall–Kier alpha value is -2.36. The van der Waals surface area contributed by atoms with E-state index in [0.717, 1.165) is 11.1 Å². The molecule has 0 aliphatic carbocycles. The number of benzene rings is 1. The number of amides is 1. The Balaban J connectivity index is 2.02. The molecule has 1 aromatic carbocycles. The standard InChI is InChI=1S/C16H18N2O2/c1-2-18(12-13-6-8-17-9-7-13)16(20)11-14-4-3-5-15(19)10-14/h3-10,19H,2,11-12H2,1H3. The van der Waals surface area contributed by atoms with E-state index in [1.54, 1.807) is 35.5 Å². The number of rotatable bonds is 5. The number of phenolic OH excluding ortho intramolecular Hbond substituents is 1. The summed E-state index contributed by atoms with van der Waals surface area (Å²) in [5, 5.41) is 9.43. The summed E-state index contributed by atoms with van der Waals surface area (Å²) in [6.07, 6.45) is 3.75. The zero-order chi connectivity index (χ0) is 14.4. The fourth-order valence-corrected chi connectivity index (χ4v) is 2.04. The molecule has 0 radical (unpaired) electrons. The van der Waals surface area contributed by atoms with E-state index in [0.29, 0.717) is 19.5 Å². The highest BCUT2D eigenvalue weighted by molar-refractivity contribution is 5.78. The fourth-order valence-electron chi connectivity index (χ4n) is 2.04. The molecule has 4 heteroatoms. The van der Waals surface area contributed by atoms with Crippen molar-refractivity contribution >= 4 is 5.91 Å². The number of carbonyl (C=O) groups is 1. The predicted molar refractivity (Wildman–Crippen MR) is 77.1 cm³/mol. The van der Waals surface area contributed by atoms with Gasteiger partial charge in [0.2, 0.25) is 5.91 Å². The van der Waals surface area contributed by atoms with E-state index in [2.05, 4.69) is 4.98 Å². The SMILES string of the molecule is CCN(Cc1ccncc1)C(=O)Cc1cccc(O)c1. The maximum Gasteiger partial charge on any atom is 0.227 e. The first-order valence-corrected chi connectivity index (χ1v) is 6.63. The summed E-state index contributed by atoms with van der Waals surface area (Å²) >= 11 is 0. The van der Waals surface area contributed by atoms with Gasteiger partial charge >= 0.3 is 0 Å². The molecular formula is C16H18N2O2. The molecule has 0 atom stereocenters. The molecule has 0 aliphatic rings. The van der Waals surface area contributed by atoms with Crippen molar-refractivity contribution in [1.29, 1.82) is 0 Å². The van der Waals surface area contributed by atoms with Crippen molar-refractivity contribution in [1.82, 2.24) is 9.88 Å². The smallest absolute Gasteiger partial charge is 0.227 e. The molecule has 0 aliphatic heterocycles. The van der Waals surface area contributed by atoms with Crippen molar-refractivity contribution in [3.8, 4) is 5.75 Å². The van der Waals surface area contributed by atoms with Gasteiger partial charge in [-0.15, -0.1) is 0 Å². The minimum absolute atomic E-state index is 0.0508. The van der Waals surface area contributed by atoms with Crippen LogP contribution in [0.4, 0.5) is 0 Å². The number of phenols is 1.